The summed E-state index contributed by atoms with van der Waals surface area (Å²) in [4.78, 5) is 14.6. The zero-order chi connectivity index (χ0) is 20.3. The molecule has 0 aromatic heterocycles. The van der Waals surface area contributed by atoms with E-state index >= 15 is 0 Å². The Morgan fingerprint density at radius 1 is 1.14 bits per heavy atom. The molecule has 1 saturated heterocycles. The van der Waals surface area contributed by atoms with Gasteiger partial charge in [-0.2, -0.15) is 0 Å². The predicted octanol–water partition coefficient (Wildman–Crippen LogP) is 4.18. The first-order valence-corrected chi connectivity index (χ1v) is 11.6. The fourth-order valence-electron chi connectivity index (χ4n) is 3.48. The van der Waals surface area contributed by atoms with Crippen molar-refractivity contribution in [3.05, 3.63) is 64.7 Å². The van der Waals surface area contributed by atoms with Crippen LogP contribution in [0.2, 0.25) is 5.02 Å². The minimum atomic E-state index is -3.48. The van der Waals surface area contributed by atoms with Gasteiger partial charge in [0.1, 0.15) is 0 Å². The molecular weight excluding hydrogens is 396 g/mol. The molecule has 1 aliphatic heterocycles. The second kappa shape index (κ2) is 8.53. The highest BCUT2D eigenvalue weighted by molar-refractivity contribution is 7.92. The number of piperidine rings is 1. The van der Waals surface area contributed by atoms with Crippen LogP contribution >= 0.6 is 11.6 Å². The standard InChI is InChI=1S/C21H25ClN2O3S/c1-16-4-3-13-23(14-16)21(25)18-7-11-20(12-8-18)24(28(2,26)27)15-17-5-9-19(22)10-6-17/h5-12,16H,3-4,13-15H2,1-2H3/t16-/m0/s1. The van der Waals surface area contributed by atoms with E-state index in [-0.39, 0.29) is 12.5 Å². The number of hydrogen-bond donors (Lipinski definition) is 0. The first-order valence-electron chi connectivity index (χ1n) is 9.35. The van der Waals surface area contributed by atoms with Gasteiger partial charge in [-0.05, 0) is 60.7 Å². The van der Waals surface area contributed by atoms with Crippen LogP contribution in [-0.4, -0.2) is 38.6 Å². The molecule has 0 unspecified atom stereocenters. The summed E-state index contributed by atoms with van der Waals surface area (Å²) in [6.07, 6.45) is 3.35. The van der Waals surface area contributed by atoms with E-state index in [4.69, 9.17) is 11.6 Å². The summed E-state index contributed by atoms with van der Waals surface area (Å²) < 4.78 is 26.0. The highest BCUT2D eigenvalue weighted by Gasteiger charge is 2.23. The molecule has 2 aromatic carbocycles. The van der Waals surface area contributed by atoms with Crippen LogP contribution in [0.5, 0.6) is 0 Å². The number of carbonyl (C=O) groups is 1. The summed E-state index contributed by atoms with van der Waals surface area (Å²) in [5, 5.41) is 0.601. The molecule has 150 valence electrons. The Kier molecular flexibility index (Phi) is 6.30. The minimum Gasteiger partial charge on any atom is -0.338 e. The van der Waals surface area contributed by atoms with Crippen molar-refractivity contribution < 1.29 is 13.2 Å². The average Bonchev–Trinajstić information content (AvgIpc) is 2.66. The number of carbonyl (C=O) groups excluding carboxylic acids is 1. The molecular formula is C21H25ClN2O3S. The molecule has 2 aromatic rings. The van der Waals surface area contributed by atoms with Crippen LogP contribution in [0.3, 0.4) is 0 Å². The third-order valence-electron chi connectivity index (χ3n) is 4.99. The quantitative estimate of drug-likeness (QED) is 0.729. The van der Waals surface area contributed by atoms with Crippen molar-refractivity contribution in [3.8, 4) is 0 Å². The predicted molar refractivity (Wildman–Crippen MR) is 113 cm³/mol. The molecule has 5 nitrogen and oxygen atoms in total. The van der Waals surface area contributed by atoms with Crippen LogP contribution in [0.25, 0.3) is 0 Å². The molecule has 0 spiro atoms. The van der Waals surface area contributed by atoms with Crippen molar-refractivity contribution >= 4 is 33.2 Å². The van der Waals surface area contributed by atoms with Gasteiger partial charge in [0, 0.05) is 23.7 Å². The largest absolute Gasteiger partial charge is 0.338 e. The van der Waals surface area contributed by atoms with Gasteiger partial charge in [0.05, 0.1) is 18.5 Å². The Balaban J connectivity index is 1.80. The molecule has 0 saturated carbocycles. The van der Waals surface area contributed by atoms with E-state index in [9.17, 15) is 13.2 Å². The molecule has 1 atom stereocenters. The highest BCUT2D eigenvalue weighted by Crippen LogP contribution is 2.24. The maximum absolute atomic E-state index is 12.7. The van der Waals surface area contributed by atoms with E-state index in [0.29, 0.717) is 22.2 Å². The number of sulfonamides is 1. The van der Waals surface area contributed by atoms with Crippen LogP contribution in [0.1, 0.15) is 35.7 Å². The van der Waals surface area contributed by atoms with Gasteiger partial charge in [-0.1, -0.05) is 30.7 Å². The maximum Gasteiger partial charge on any atom is 0.253 e. The van der Waals surface area contributed by atoms with E-state index in [1.165, 1.54) is 10.6 Å². The summed E-state index contributed by atoms with van der Waals surface area (Å²) >= 11 is 5.91. The number of rotatable bonds is 5. The molecule has 1 fully saturated rings. The molecule has 28 heavy (non-hydrogen) atoms. The van der Waals surface area contributed by atoms with Crippen molar-refractivity contribution in [2.24, 2.45) is 5.92 Å². The van der Waals surface area contributed by atoms with Gasteiger partial charge in [-0.15, -0.1) is 0 Å². The zero-order valence-electron chi connectivity index (χ0n) is 16.1. The second-order valence-electron chi connectivity index (χ2n) is 7.44. The van der Waals surface area contributed by atoms with Crippen molar-refractivity contribution in [1.82, 2.24) is 4.90 Å². The van der Waals surface area contributed by atoms with Crippen molar-refractivity contribution in [1.29, 1.82) is 0 Å². The van der Waals surface area contributed by atoms with Gasteiger partial charge in [0.2, 0.25) is 10.0 Å². The SMILES string of the molecule is C[C@H]1CCCN(C(=O)c2ccc(N(Cc3ccc(Cl)cc3)S(C)(=O)=O)cc2)C1. The van der Waals surface area contributed by atoms with Crippen LogP contribution in [0.4, 0.5) is 5.69 Å². The Labute approximate surface area is 172 Å². The van der Waals surface area contributed by atoms with Gasteiger partial charge < -0.3 is 4.90 Å². The summed E-state index contributed by atoms with van der Waals surface area (Å²) in [5.74, 6) is 0.513. The topological polar surface area (TPSA) is 57.7 Å². The molecule has 0 aliphatic carbocycles. The molecule has 3 rings (SSSR count). The van der Waals surface area contributed by atoms with Crippen LogP contribution < -0.4 is 4.31 Å². The van der Waals surface area contributed by atoms with Crippen LogP contribution in [-0.2, 0) is 16.6 Å². The average molecular weight is 421 g/mol. The summed E-state index contributed by atoms with van der Waals surface area (Å²) in [6, 6.07) is 13.9. The molecule has 1 heterocycles. The molecule has 7 heteroatoms. The summed E-state index contributed by atoms with van der Waals surface area (Å²) in [7, 11) is -3.48. The van der Waals surface area contributed by atoms with Gasteiger partial charge >= 0.3 is 0 Å². The van der Waals surface area contributed by atoms with Crippen molar-refractivity contribution in [3.63, 3.8) is 0 Å². The lowest BCUT2D eigenvalue weighted by Gasteiger charge is -2.31. The van der Waals surface area contributed by atoms with E-state index in [2.05, 4.69) is 6.92 Å². The fraction of sp³-hybridized carbons (Fsp3) is 0.381. The van der Waals surface area contributed by atoms with Gasteiger partial charge in [-0.3, -0.25) is 9.10 Å². The molecule has 1 amide bonds. The second-order valence-corrected chi connectivity index (χ2v) is 9.78. The van der Waals surface area contributed by atoms with Crippen molar-refractivity contribution in [2.45, 2.75) is 26.3 Å². The number of nitrogens with zero attached hydrogens (tertiary/aromatic N) is 2. The maximum atomic E-state index is 12.7. The monoisotopic (exact) mass is 420 g/mol. The van der Waals surface area contributed by atoms with E-state index < -0.39 is 10.0 Å². The number of hydrogen-bond acceptors (Lipinski definition) is 3. The number of anilines is 1. The zero-order valence-corrected chi connectivity index (χ0v) is 17.7. The molecule has 1 aliphatic rings. The van der Waals surface area contributed by atoms with E-state index in [1.54, 1.807) is 48.5 Å². The first kappa shape index (κ1) is 20.7. The Morgan fingerprint density at radius 3 is 2.36 bits per heavy atom. The Morgan fingerprint density at radius 2 is 1.79 bits per heavy atom. The number of benzene rings is 2. The minimum absolute atomic E-state index is 0.00158. The molecule has 0 radical (unpaired) electrons. The van der Waals surface area contributed by atoms with Crippen LogP contribution in [0, 0.1) is 5.92 Å². The highest BCUT2D eigenvalue weighted by atomic mass is 35.5. The van der Waals surface area contributed by atoms with Gasteiger partial charge in [0.25, 0.3) is 5.91 Å². The first-order chi connectivity index (χ1) is 13.2. The number of likely N-dealkylation sites (tertiary alicyclic amines) is 1. The lowest BCUT2D eigenvalue weighted by atomic mass is 9.99. The lowest BCUT2D eigenvalue weighted by Crippen LogP contribution is -2.39. The third-order valence-corrected chi connectivity index (χ3v) is 6.38. The smallest absolute Gasteiger partial charge is 0.253 e. The number of amides is 1. The molecule has 0 N–H and O–H groups in total. The van der Waals surface area contributed by atoms with Crippen molar-refractivity contribution in [2.75, 3.05) is 23.7 Å². The summed E-state index contributed by atoms with van der Waals surface area (Å²) in [6.45, 7) is 3.90. The number of halogens is 1. The molecule has 0 bridgehead atoms. The Bertz CT molecular complexity index is 927. The normalized spacial score (nSPS) is 17.4. The Hall–Kier alpha value is -2.05. The lowest BCUT2D eigenvalue weighted by molar-refractivity contribution is 0.0683. The van der Waals surface area contributed by atoms with Crippen LogP contribution in [0.15, 0.2) is 48.5 Å². The van der Waals surface area contributed by atoms with E-state index in [1.807, 2.05) is 4.90 Å². The fourth-order valence-corrected chi connectivity index (χ4v) is 4.50. The van der Waals surface area contributed by atoms with Gasteiger partial charge in [-0.25, -0.2) is 8.42 Å². The summed E-state index contributed by atoms with van der Waals surface area (Å²) in [5.41, 5.74) is 1.94. The third kappa shape index (κ3) is 5.06. The van der Waals surface area contributed by atoms with E-state index in [0.717, 1.165) is 31.5 Å². The van der Waals surface area contributed by atoms with Gasteiger partial charge in [0.15, 0.2) is 0 Å².